The molecule has 1 aliphatic heterocycles. The lowest BCUT2D eigenvalue weighted by Gasteiger charge is -2.39. The van der Waals surface area contributed by atoms with Gasteiger partial charge in [0.2, 0.25) is 0 Å². The standard InChI is InChI=1S/C39H62O10/c1-3-5-7-9-11-13-15-16-18-20-22-24-26-28-35(42)48-32(31-47-39-38(45)37(44)36(43)33(29-40)49-39)30-46-34(41)27-25-23-21-19-17-14-12-10-8-6-4-2/h5,7,9-13,15-16,18,20,22,32-33,36-40,43-45H,3-4,6,8,14,17,19,21,23-31H2,1-2H3/b7-5+,11-9+,12-10+,15-13+,18-16+,22-20+/t32?,33-,36+,37?,38?,39-/m1/s1. The number of carbonyl (C=O) groups excluding carboxylic acids is 2. The van der Waals surface area contributed by atoms with Crippen LogP contribution < -0.4 is 0 Å². The topological polar surface area (TPSA) is 152 Å². The predicted molar refractivity (Wildman–Crippen MR) is 191 cm³/mol. The smallest absolute Gasteiger partial charge is 0.306 e. The van der Waals surface area contributed by atoms with E-state index >= 15 is 0 Å². The van der Waals surface area contributed by atoms with Crippen molar-refractivity contribution in [3.8, 4) is 0 Å². The highest BCUT2D eigenvalue weighted by molar-refractivity contribution is 5.70. The van der Waals surface area contributed by atoms with Gasteiger partial charge in [0, 0.05) is 12.8 Å². The summed E-state index contributed by atoms with van der Waals surface area (Å²) < 4.78 is 21.9. The molecule has 0 aromatic carbocycles. The number of hydrogen-bond donors (Lipinski definition) is 4. The van der Waals surface area contributed by atoms with Crippen LogP contribution in [0.5, 0.6) is 0 Å². The molecule has 0 aromatic rings. The third-order valence-corrected chi connectivity index (χ3v) is 7.70. The van der Waals surface area contributed by atoms with Crippen LogP contribution in [-0.2, 0) is 28.5 Å². The Balaban J connectivity index is 2.51. The molecule has 6 atom stereocenters. The van der Waals surface area contributed by atoms with Gasteiger partial charge >= 0.3 is 11.9 Å². The summed E-state index contributed by atoms with van der Waals surface area (Å²) in [5.74, 6) is -0.917. The summed E-state index contributed by atoms with van der Waals surface area (Å²) in [6.07, 6.45) is 27.9. The Morgan fingerprint density at radius 1 is 0.653 bits per heavy atom. The van der Waals surface area contributed by atoms with E-state index in [2.05, 4.69) is 32.1 Å². The van der Waals surface area contributed by atoms with Crippen molar-refractivity contribution in [2.75, 3.05) is 19.8 Å². The Labute approximate surface area is 293 Å². The van der Waals surface area contributed by atoms with Crippen molar-refractivity contribution in [3.63, 3.8) is 0 Å². The highest BCUT2D eigenvalue weighted by Crippen LogP contribution is 2.22. The molecule has 0 amide bonds. The number of esters is 2. The minimum absolute atomic E-state index is 0.128. The molecule has 1 fully saturated rings. The fraction of sp³-hybridized carbons (Fsp3) is 0.641. The summed E-state index contributed by atoms with van der Waals surface area (Å²) in [6.45, 7) is 3.10. The monoisotopic (exact) mass is 690 g/mol. The fourth-order valence-electron chi connectivity index (χ4n) is 4.78. The zero-order valence-electron chi connectivity index (χ0n) is 29.7. The van der Waals surface area contributed by atoms with E-state index in [4.69, 9.17) is 18.9 Å². The minimum Gasteiger partial charge on any atom is -0.462 e. The van der Waals surface area contributed by atoms with E-state index in [-0.39, 0.29) is 26.1 Å². The van der Waals surface area contributed by atoms with Gasteiger partial charge in [-0.05, 0) is 44.9 Å². The van der Waals surface area contributed by atoms with Crippen LogP contribution in [0, 0.1) is 0 Å². The third kappa shape index (κ3) is 22.5. The van der Waals surface area contributed by atoms with E-state index in [9.17, 15) is 30.0 Å². The van der Waals surface area contributed by atoms with Crippen LogP contribution in [0.25, 0.3) is 0 Å². The second kappa shape index (κ2) is 30.0. The van der Waals surface area contributed by atoms with Crippen molar-refractivity contribution in [1.29, 1.82) is 0 Å². The van der Waals surface area contributed by atoms with Crippen molar-refractivity contribution in [3.05, 3.63) is 72.9 Å². The Hall–Kier alpha value is -2.86. The van der Waals surface area contributed by atoms with Crippen LogP contribution in [0.4, 0.5) is 0 Å². The van der Waals surface area contributed by atoms with Crippen molar-refractivity contribution in [2.45, 2.75) is 141 Å². The van der Waals surface area contributed by atoms with Crippen LogP contribution in [0.2, 0.25) is 0 Å². The molecular weight excluding hydrogens is 628 g/mol. The molecule has 0 bridgehead atoms. The van der Waals surface area contributed by atoms with E-state index in [1.807, 2.05) is 54.7 Å². The molecule has 3 unspecified atom stereocenters. The van der Waals surface area contributed by atoms with Gasteiger partial charge in [0.15, 0.2) is 12.4 Å². The molecule has 0 aromatic heterocycles. The second-order valence-corrected chi connectivity index (χ2v) is 12.1. The first-order chi connectivity index (χ1) is 23.8. The highest BCUT2D eigenvalue weighted by atomic mass is 16.7. The average Bonchev–Trinajstić information content (AvgIpc) is 3.10. The molecule has 1 heterocycles. The molecule has 10 nitrogen and oxygen atoms in total. The third-order valence-electron chi connectivity index (χ3n) is 7.70. The zero-order valence-corrected chi connectivity index (χ0v) is 29.7. The van der Waals surface area contributed by atoms with Gasteiger partial charge in [0.25, 0.3) is 0 Å². The molecule has 10 heteroatoms. The van der Waals surface area contributed by atoms with Crippen molar-refractivity contribution >= 4 is 11.9 Å². The number of hydrogen-bond acceptors (Lipinski definition) is 10. The molecule has 1 rings (SSSR count). The van der Waals surface area contributed by atoms with Gasteiger partial charge in [-0.3, -0.25) is 9.59 Å². The first-order valence-corrected chi connectivity index (χ1v) is 18.1. The van der Waals surface area contributed by atoms with Gasteiger partial charge in [-0.2, -0.15) is 0 Å². The van der Waals surface area contributed by atoms with Gasteiger partial charge in [-0.25, -0.2) is 0 Å². The van der Waals surface area contributed by atoms with Crippen LogP contribution in [-0.4, -0.2) is 89.0 Å². The average molecular weight is 691 g/mol. The molecule has 4 N–H and O–H groups in total. The molecule has 0 aliphatic carbocycles. The largest absolute Gasteiger partial charge is 0.462 e. The summed E-state index contributed by atoms with van der Waals surface area (Å²) in [4.78, 5) is 25.1. The first-order valence-electron chi connectivity index (χ1n) is 18.1. The Morgan fingerprint density at radius 3 is 1.92 bits per heavy atom. The molecule has 0 spiro atoms. The van der Waals surface area contributed by atoms with Crippen LogP contribution in [0.3, 0.4) is 0 Å². The number of aliphatic hydroxyl groups is 4. The van der Waals surface area contributed by atoms with E-state index in [1.54, 1.807) is 0 Å². The van der Waals surface area contributed by atoms with Crippen molar-refractivity contribution in [2.24, 2.45) is 0 Å². The van der Waals surface area contributed by atoms with Gasteiger partial charge in [0.05, 0.1) is 13.2 Å². The second-order valence-electron chi connectivity index (χ2n) is 12.1. The quantitative estimate of drug-likeness (QED) is 0.0345. The van der Waals surface area contributed by atoms with Crippen LogP contribution >= 0.6 is 0 Å². The summed E-state index contributed by atoms with van der Waals surface area (Å²) in [5.41, 5.74) is 0. The zero-order chi connectivity index (χ0) is 36.0. The number of carbonyl (C=O) groups is 2. The maximum absolute atomic E-state index is 12.6. The van der Waals surface area contributed by atoms with E-state index in [0.29, 0.717) is 19.3 Å². The lowest BCUT2D eigenvalue weighted by Crippen LogP contribution is -2.59. The Morgan fingerprint density at radius 2 is 1.24 bits per heavy atom. The molecule has 1 saturated heterocycles. The Kier molecular flexibility index (Phi) is 27.0. The normalized spacial score (nSPS) is 22.4. The van der Waals surface area contributed by atoms with Gasteiger partial charge < -0.3 is 39.4 Å². The summed E-state index contributed by atoms with van der Waals surface area (Å²) in [7, 11) is 0. The summed E-state index contributed by atoms with van der Waals surface area (Å²) >= 11 is 0. The number of ether oxygens (including phenoxy) is 4. The highest BCUT2D eigenvalue weighted by Gasteiger charge is 2.44. The van der Waals surface area contributed by atoms with Gasteiger partial charge in [-0.1, -0.05) is 119 Å². The maximum atomic E-state index is 12.6. The molecular formula is C39H62O10. The van der Waals surface area contributed by atoms with E-state index in [1.165, 1.54) is 12.8 Å². The van der Waals surface area contributed by atoms with Gasteiger partial charge in [-0.15, -0.1) is 0 Å². The SMILES string of the molecule is CC/C=C/C=C/C=C/C=C/C=C/CCCC(=O)OC(COC(=O)CCCCCCC/C=C/CCCC)CO[C@@H]1O[C@H](CO)[C@H](O)C(O)C1O. The molecule has 278 valence electrons. The number of aliphatic hydroxyl groups excluding tert-OH is 4. The molecule has 1 aliphatic rings. The Bertz CT molecular complexity index is 1030. The number of allylic oxidation sites excluding steroid dienone is 12. The van der Waals surface area contributed by atoms with Crippen molar-refractivity contribution < 1.29 is 49.0 Å². The number of rotatable bonds is 27. The molecule has 49 heavy (non-hydrogen) atoms. The van der Waals surface area contributed by atoms with Crippen LogP contribution in [0.15, 0.2) is 72.9 Å². The summed E-state index contributed by atoms with van der Waals surface area (Å²) in [6, 6.07) is 0. The fourth-order valence-corrected chi connectivity index (χ4v) is 4.78. The summed E-state index contributed by atoms with van der Waals surface area (Å²) in [5, 5.41) is 39.8. The number of unbranched alkanes of at least 4 members (excludes halogenated alkanes) is 8. The van der Waals surface area contributed by atoms with E-state index < -0.39 is 55.4 Å². The molecule has 0 radical (unpaired) electrons. The van der Waals surface area contributed by atoms with Crippen LogP contribution in [0.1, 0.15) is 104 Å². The lowest BCUT2D eigenvalue weighted by atomic mass is 9.99. The molecule has 0 saturated carbocycles. The van der Waals surface area contributed by atoms with Gasteiger partial charge in [0.1, 0.15) is 31.0 Å². The van der Waals surface area contributed by atoms with Crippen molar-refractivity contribution in [1.82, 2.24) is 0 Å². The lowest BCUT2D eigenvalue weighted by molar-refractivity contribution is -0.305. The maximum Gasteiger partial charge on any atom is 0.306 e. The van der Waals surface area contributed by atoms with E-state index in [0.717, 1.165) is 44.9 Å². The first kappa shape index (κ1) is 44.2. The minimum atomic E-state index is -1.61. The predicted octanol–water partition coefficient (Wildman–Crippen LogP) is 6.10.